The van der Waals surface area contributed by atoms with E-state index in [0.717, 1.165) is 23.9 Å². The maximum atomic E-state index is 4.41. The van der Waals surface area contributed by atoms with Crippen molar-refractivity contribution < 1.29 is 0 Å². The number of rotatable bonds is 7. The summed E-state index contributed by atoms with van der Waals surface area (Å²) in [6, 6.07) is 8.84. The lowest BCUT2D eigenvalue weighted by atomic mass is 10.2. The first kappa shape index (κ1) is 19.6. The summed E-state index contributed by atoms with van der Waals surface area (Å²) in [5.41, 5.74) is 1.14. The molecule has 0 radical (unpaired) electrons. The van der Waals surface area contributed by atoms with Crippen LogP contribution in [-0.4, -0.2) is 52.1 Å². The molecule has 2 N–H and O–H groups in total. The lowest BCUT2D eigenvalue weighted by molar-refractivity contribution is 0.249. The Balaban J connectivity index is 1.35. The lowest BCUT2D eigenvalue weighted by Crippen LogP contribution is -2.42. The molecule has 29 heavy (non-hydrogen) atoms. The minimum absolute atomic E-state index is 0.393. The molecule has 0 spiro atoms. The van der Waals surface area contributed by atoms with E-state index in [4.69, 9.17) is 0 Å². The van der Waals surface area contributed by atoms with Crippen LogP contribution in [0.15, 0.2) is 59.6 Å². The molecule has 8 heteroatoms. The van der Waals surface area contributed by atoms with Gasteiger partial charge in [-0.2, -0.15) is 0 Å². The van der Waals surface area contributed by atoms with E-state index < -0.39 is 0 Å². The Morgan fingerprint density at radius 1 is 1.24 bits per heavy atom. The summed E-state index contributed by atoms with van der Waals surface area (Å²) in [7, 11) is 1.81. The standard InChI is InChI=1S/C21H27N7S/c1-22-21(25-14-17-6-7-24-20(13-17)28-11-8-23-16-28)26-15-18(19-5-4-12-29-19)27-9-2-3-10-27/h4-8,11-13,16,18H,2-3,9-10,14-15H2,1H3,(H2,22,25,26). The predicted molar refractivity (Wildman–Crippen MR) is 117 cm³/mol. The van der Waals surface area contributed by atoms with Crippen molar-refractivity contribution in [2.24, 2.45) is 4.99 Å². The summed E-state index contributed by atoms with van der Waals surface area (Å²) in [4.78, 5) is 16.9. The van der Waals surface area contributed by atoms with Crippen molar-refractivity contribution in [1.82, 2.24) is 30.1 Å². The van der Waals surface area contributed by atoms with Crippen LogP contribution in [0.3, 0.4) is 0 Å². The summed E-state index contributed by atoms with van der Waals surface area (Å²) < 4.78 is 1.90. The second kappa shape index (κ2) is 9.67. The van der Waals surface area contributed by atoms with Gasteiger partial charge in [0.1, 0.15) is 12.1 Å². The monoisotopic (exact) mass is 409 g/mol. The van der Waals surface area contributed by atoms with E-state index in [-0.39, 0.29) is 0 Å². The van der Waals surface area contributed by atoms with Crippen molar-refractivity contribution in [3.63, 3.8) is 0 Å². The van der Waals surface area contributed by atoms with E-state index in [2.05, 4.69) is 54.1 Å². The van der Waals surface area contributed by atoms with E-state index in [1.54, 1.807) is 12.5 Å². The summed E-state index contributed by atoms with van der Waals surface area (Å²) in [6.45, 7) is 3.86. The Morgan fingerprint density at radius 3 is 2.86 bits per heavy atom. The fourth-order valence-electron chi connectivity index (χ4n) is 3.65. The van der Waals surface area contributed by atoms with E-state index in [0.29, 0.717) is 12.6 Å². The largest absolute Gasteiger partial charge is 0.354 e. The number of aliphatic imine (C=N–C) groups is 1. The third kappa shape index (κ3) is 5.02. The zero-order valence-corrected chi connectivity index (χ0v) is 17.5. The van der Waals surface area contributed by atoms with Gasteiger partial charge in [-0.05, 0) is 55.1 Å². The number of guanidine groups is 1. The van der Waals surface area contributed by atoms with Gasteiger partial charge in [0, 0.05) is 43.6 Å². The average Bonchev–Trinajstić information content (AvgIpc) is 3.54. The van der Waals surface area contributed by atoms with E-state index >= 15 is 0 Å². The number of nitrogens with zero attached hydrogens (tertiary/aromatic N) is 5. The van der Waals surface area contributed by atoms with Gasteiger partial charge in [0.2, 0.25) is 0 Å². The molecule has 1 fully saturated rings. The number of likely N-dealkylation sites (tertiary alicyclic amines) is 1. The van der Waals surface area contributed by atoms with Crippen molar-refractivity contribution in [2.45, 2.75) is 25.4 Å². The molecule has 4 heterocycles. The van der Waals surface area contributed by atoms with Crippen LogP contribution in [0.2, 0.25) is 0 Å². The molecule has 1 aliphatic heterocycles. The number of pyridine rings is 1. The van der Waals surface area contributed by atoms with Gasteiger partial charge in [-0.3, -0.25) is 14.5 Å². The summed E-state index contributed by atoms with van der Waals surface area (Å²) in [6.07, 6.45) is 9.80. The van der Waals surface area contributed by atoms with Gasteiger partial charge in [0.15, 0.2) is 5.96 Å². The van der Waals surface area contributed by atoms with Crippen LogP contribution in [0.5, 0.6) is 0 Å². The second-order valence-electron chi connectivity index (χ2n) is 7.07. The molecule has 3 aromatic heterocycles. The molecule has 1 unspecified atom stereocenters. The molecule has 0 aliphatic carbocycles. The first-order chi connectivity index (χ1) is 14.3. The Labute approximate surface area is 175 Å². The Kier molecular flexibility index (Phi) is 6.53. The van der Waals surface area contributed by atoms with E-state index in [1.165, 1.54) is 30.8 Å². The van der Waals surface area contributed by atoms with E-state index in [9.17, 15) is 0 Å². The number of nitrogens with one attached hydrogen (secondary N) is 2. The Bertz CT molecular complexity index is 899. The maximum absolute atomic E-state index is 4.41. The molecule has 152 valence electrons. The van der Waals surface area contributed by atoms with Gasteiger partial charge in [0.05, 0.1) is 6.04 Å². The molecule has 4 rings (SSSR count). The minimum atomic E-state index is 0.393. The third-order valence-electron chi connectivity index (χ3n) is 5.18. The number of aromatic nitrogens is 3. The molecule has 7 nitrogen and oxygen atoms in total. The van der Waals surface area contributed by atoms with Crippen LogP contribution in [-0.2, 0) is 6.54 Å². The minimum Gasteiger partial charge on any atom is -0.354 e. The highest BCUT2D eigenvalue weighted by molar-refractivity contribution is 7.10. The van der Waals surface area contributed by atoms with Crippen LogP contribution in [0.25, 0.3) is 5.82 Å². The van der Waals surface area contributed by atoms with Crippen molar-refractivity contribution in [3.8, 4) is 5.82 Å². The van der Waals surface area contributed by atoms with Crippen molar-refractivity contribution in [2.75, 3.05) is 26.7 Å². The first-order valence-electron chi connectivity index (χ1n) is 9.99. The van der Waals surface area contributed by atoms with Gasteiger partial charge in [-0.1, -0.05) is 6.07 Å². The predicted octanol–water partition coefficient (Wildman–Crippen LogP) is 2.83. The number of thiophene rings is 1. The first-order valence-corrected chi connectivity index (χ1v) is 10.9. The fourth-order valence-corrected chi connectivity index (χ4v) is 4.51. The highest BCUT2D eigenvalue weighted by Gasteiger charge is 2.24. The summed E-state index contributed by atoms with van der Waals surface area (Å²) >= 11 is 1.83. The quantitative estimate of drug-likeness (QED) is 0.464. The lowest BCUT2D eigenvalue weighted by Gasteiger charge is -2.27. The Hall–Kier alpha value is -2.71. The van der Waals surface area contributed by atoms with Crippen LogP contribution in [0.4, 0.5) is 0 Å². The molecule has 1 atom stereocenters. The Morgan fingerprint density at radius 2 is 2.14 bits per heavy atom. The van der Waals surface area contributed by atoms with Crippen molar-refractivity contribution in [3.05, 3.63) is 65.0 Å². The van der Waals surface area contributed by atoms with Crippen molar-refractivity contribution in [1.29, 1.82) is 0 Å². The van der Waals surface area contributed by atoms with Crippen LogP contribution in [0, 0.1) is 0 Å². The molecule has 3 aromatic rings. The summed E-state index contributed by atoms with van der Waals surface area (Å²) in [5.74, 6) is 1.67. The van der Waals surface area contributed by atoms with Gasteiger partial charge in [0.25, 0.3) is 0 Å². The second-order valence-corrected chi connectivity index (χ2v) is 8.05. The van der Waals surface area contributed by atoms with Crippen LogP contribution < -0.4 is 10.6 Å². The smallest absolute Gasteiger partial charge is 0.191 e. The molecule has 0 aromatic carbocycles. The maximum Gasteiger partial charge on any atom is 0.191 e. The van der Waals surface area contributed by atoms with Crippen LogP contribution >= 0.6 is 11.3 Å². The normalized spacial score (nSPS) is 16.1. The van der Waals surface area contributed by atoms with Crippen molar-refractivity contribution >= 4 is 17.3 Å². The van der Waals surface area contributed by atoms with Gasteiger partial charge in [-0.15, -0.1) is 11.3 Å². The summed E-state index contributed by atoms with van der Waals surface area (Å²) in [5, 5.41) is 9.10. The SMILES string of the molecule is CN=C(NCc1ccnc(-n2ccnc2)c1)NCC(c1cccs1)N1CCCC1. The number of imidazole rings is 1. The zero-order chi connectivity index (χ0) is 19.9. The van der Waals surface area contributed by atoms with Gasteiger partial charge in [-0.25, -0.2) is 9.97 Å². The molecule has 0 amide bonds. The fraction of sp³-hybridized carbons (Fsp3) is 0.381. The molecule has 1 saturated heterocycles. The highest BCUT2D eigenvalue weighted by atomic mass is 32.1. The molecular formula is C21H27N7S. The molecule has 0 saturated carbocycles. The molecule has 0 bridgehead atoms. The number of hydrogen-bond donors (Lipinski definition) is 2. The van der Waals surface area contributed by atoms with Gasteiger partial charge < -0.3 is 10.6 Å². The number of hydrogen-bond acceptors (Lipinski definition) is 5. The zero-order valence-electron chi connectivity index (χ0n) is 16.7. The van der Waals surface area contributed by atoms with E-state index in [1.807, 2.05) is 41.4 Å². The van der Waals surface area contributed by atoms with Crippen LogP contribution in [0.1, 0.15) is 29.3 Å². The molecular weight excluding hydrogens is 382 g/mol. The van der Waals surface area contributed by atoms with Gasteiger partial charge >= 0.3 is 0 Å². The topological polar surface area (TPSA) is 70.4 Å². The highest BCUT2D eigenvalue weighted by Crippen LogP contribution is 2.27. The molecule has 1 aliphatic rings. The average molecular weight is 410 g/mol. The third-order valence-corrected chi connectivity index (χ3v) is 6.15.